The molecule has 1 aromatic heterocycles. The summed E-state index contributed by atoms with van der Waals surface area (Å²) in [6.07, 6.45) is 2.89. The number of nitrogens with zero attached hydrogens (tertiary/aromatic N) is 4. The van der Waals surface area contributed by atoms with Gasteiger partial charge in [-0.3, -0.25) is 0 Å². The van der Waals surface area contributed by atoms with Gasteiger partial charge in [-0.25, -0.2) is 0 Å². The second kappa shape index (κ2) is 6.66. The SMILES string of the molecule is CC(CN)CN1CCCN(c2cccnn2)CC1. The van der Waals surface area contributed by atoms with E-state index in [2.05, 4.69) is 26.9 Å². The molecule has 18 heavy (non-hydrogen) atoms. The molecule has 0 spiro atoms. The second-order valence-corrected chi connectivity index (χ2v) is 5.06. The standard InChI is InChI=1S/C13H23N5/c1-12(10-14)11-17-6-3-7-18(9-8-17)13-4-2-5-15-16-13/h2,4-5,12H,3,6-11,14H2,1H3. The van der Waals surface area contributed by atoms with Crippen molar-refractivity contribution in [1.82, 2.24) is 15.1 Å². The van der Waals surface area contributed by atoms with Gasteiger partial charge in [0.05, 0.1) is 0 Å². The fourth-order valence-electron chi connectivity index (χ4n) is 2.36. The molecule has 0 saturated carbocycles. The number of hydrogen-bond acceptors (Lipinski definition) is 5. The molecule has 0 aromatic carbocycles. The lowest BCUT2D eigenvalue weighted by Gasteiger charge is -2.24. The smallest absolute Gasteiger partial charge is 0.151 e. The molecule has 0 aliphatic carbocycles. The number of hydrogen-bond donors (Lipinski definition) is 1. The van der Waals surface area contributed by atoms with Crippen LogP contribution in [0.1, 0.15) is 13.3 Å². The predicted molar refractivity (Wildman–Crippen MR) is 73.5 cm³/mol. The van der Waals surface area contributed by atoms with Crippen LogP contribution in [0.25, 0.3) is 0 Å². The first kappa shape index (κ1) is 13.2. The van der Waals surface area contributed by atoms with Crippen LogP contribution in [-0.2, 0) is 0 Å². The number of rotatable bonds is 4. The molecule has 1 aliphatic heterocycles. The first-order valence-electron chi connectivity index (χ1n) is 6.74. The number of aromatic nitrogens is 2. The zero-order chi connectivity index (χ0) is 12.8. The highest BCUT2D eigenvalue weighted by atomic mass is 15.3. The van der Waals surface area contributed by atoms with Crippen LogP contribution in [0.4, 0.5) is 5.82 Å². The normalized spacial score (nSPS) is 19.6. The molecule has 2 N–H and O–H groups in total. The van der Waals surface area contributed by atoms with Crippen molar-refractivity contribution >= 4 is 5.82 Å². The second-order valence-electron chi connectivity index (χ2n) is 5.06. The Morgan fingerprint density at radius 2 is 2.22 bits per heavy atom. The van der Waals surface area contributed by atoms with E-state index in [1.54, 1.807) is 6.20 Å². The van der Waals surface area contributed by atoms with Gasteiger partial charge in [0.1, 0.15) is 0 Å². The van der Waals surface area contributed by atoms with Gasteiger partial charge < -0.3 is 15.5 Å². The van der Waals surface area contributed by atoms with Gasteiger partial charge in [0.15, 0.2) is 5.82 Å². The van der Waals surface area contributed by atoms with Gasteiger partial charge in [-0.05, 0) is 37.6 Å². The lowest BCUT2D eigenvalue weighted by molar-refractivity contribution is 0.255. The summed E-state index contributed by atoms with van der Waals surface area (Å²) in [6, 6.07) is 3.98. The van der Waals surface area contributed by atoms with Crippen LogP contribution in [0.15, 0.2) is 18.3 Å². The van der Waals surface area contributed by atoms with Crippen LogP contribution in [0, 0.1) is 5.92 Å². The van der Waals surface area contributed by atoms with Crippen LogP contribution < -0.4 is 10.6 Å². The zero-order valence-electron chi connectivity index (χ0n) is 11.1. The van der Waals surface area contributed by atoms with E-state index in [-0.39, 0.29) is 0 Å². The lowest BCUT2D eigenvalue weighted by atomic mass is 10.1. The monoisotopic (exact) mass is 249 g/mol. The van der Waals surface area contributed by atoms with E-state index in [1.165, 1.54) is 6.42 Å². The molecule has 1 aromatic rings. The molecular formula is C13H23N5. The number of anilines is 1. The van der Waals surface area contributed by atoms with E-state index in [9.17, 15) is 0 Å². The topological polar surface area (TPSA) is 58.3 Å². The average molecular weight is 249 g/mol. The van der Waals surface area contributed by atoms with E-state index >= 15 is 0 Å². The van der Waals surface area contributed by atoms with Crippen molar-refractivity contribution in [3.8, 4) is 0 Å². The summed E-state index contributed by atoms with van der Waals surface area (Å²) in [4.78, 5) is 4.83. The van der Waals surface area contributed by atoms with Crippen molar-refractivity contribution < 1.29 is 0 Å². The highest BCUT2D eigenvalue weighted by Crippen LogP contribution is 2.12. The Hall–Kier alpha value is -1.20. The highest BCUT2D eigenvalue weighted by molar-refractivity contribution is 5.36. The molecule has 1 atom stereocenters. The molecule has 0 bridgehead atoms. The summed E-state index contributed by atoms with van der Waals surface area (Å²) in [5, 5.41) is 8.13. The minimum Gasteiger partial charge on any atom is -0.354 e. The molecule has 1 saturated heterocycles. The molecule has 5 nitrogen and oxygen atoms in total. The Morgan fingerprint density at radius 1 is 1.33 bits per heavy atom. The predicted octanol–water partition coefficient (Wildman–Crippen LogP) is 0.584. The molecule has 1 fully saturated rings. The van der Waals surface area contributed by atoms with Crippen LogP contribution in [0.2, 0.25) is 0 Å². The fourth-order valence-corrected chi connectivity index (χ4v) is 2.36. The van der Waals surface area contributed by atoms with Crippen molar-refractivity contribution in [3.05, 3.63) is 18.3 Å². The maximum Gasteiger partial charge on any atom is 0.151 e. The quantitative estimate of drug-likeness (QED) is 0.846. The maximum atomic E-state index is 5.69. The third-order valence-electron chi connectivity index (χ3n) is 3.44. The average Bonchev–Trinajstić information content (AvgIpc) is 2.65. The molecule has 2 rings (SSSR count). The van der Waals surface area contributed by atoms with Crippen molar-refractivity contribution in [1.29, 1.82) is 0 Å². The van der Waals surface area contributed by atoms with E-state index < -0.39 is 0 Å². The molecule has 5 heteroatoms. The summed E-state index contributed by atoms with van der Waals surface area (Å²) < 4.78 is 0. The lowest BCUT2D eigenvalue weighted by Crippen LogP contribution is -2.35. The third-order valence-corrected chi connectivity index (χ3v) is 3.44. The number of nitrogens with two attached hydrogens (primary N) is 1. The first-order valence-corrected chi connectivity index (χ1v) is 6.74. The molecule has 100 valence electrons. The summed E-state index contributed by atoms with van der Waals surface area (Å²) in [7, 11) is 0. The molecule has 0 amide bonds. The van der Waals surface area contributed by atoms with Crippen molar-refractivity contribution in [2.45, 2.75) is 13.3 Å². The van der Waals surface area contributed by atoms with E-state index in [0.29, 0.717) is 5.92 Å². The summed E-state index contributed by atoms with van der Waals surface area (Å²) in [6.45, 7) is 8.41. The first-order chi connectivity index (χ1) is 8.79. The molecule has 2 heterocycles. The highest BCUT2D eigenvalue weighted by Gasteiger charge is 2.17. The van der Waals surface area contributed by atoms with Gasteiger partial charge in [0.25, 0.3) is 0 Å². The van der Waals surface area contributed by atoms with Crippen molar-refractivity contribution in [3.63, 3.8) is 0 Å². The Balaban J connectivity index is 1.89. The van der Waals surface area contributed by atoms with Crippen molar-refractivity contribution in [2.24, 2.45) is 11.7 Å². The van der Waals surface area contributed by atoms with Gasteiger partial charge >= 0.3 is 0 Å². The zero-order valence-corrected chi connectivity index (χ0v) is 11.1. The van der Waals surface area contributed by atoms with Gasteiger partial charge in [-0.2, -0.15) is 5.10 Å². The Bertz CT molecular complexity index is 342. The fraction of sp³-hybridized carbons (Fsp3) is 0.692. The molecule has 1 aliphatic rings. The van der Waals surface area contributed by atoms with Crippen LogP contribution in [0.5, 0.6) is 0 Å². The molecule has 1 unspecified atom stereocenters. The van der Waals surface area contributed by atoms with E-state index in [4.69, 9.17) is 5.73 Å². The Morgan fingerprint density at radius 3 is 2.94 bits per heavy atom. The van der Waals surface area contributed by atoms with Gasteiger partial charge in [-0.1, -0.05) is 6.92 Å². The Kier molecular flexibility index (Phi) is 4.90. The Labute approximate surface area is 109 Å². The largest absolute Gasteiger partial charge is 0.354 e. The summed E-state index contributed by atoms with van der Waals surface area (Å²) >= 11 is 0. The summed E-state index contributed by atoms with van der Waals surface area (Å²) in [5.74, 6) is 1.57. The van der Waals surface area contributed by atoms with Gasteiger partial charge in [0, 0.05) is 32.4 Å². The molecule has 0 radical (unpaired) electrons. The van der Waals surface area contributed by atoms with Gasteiger partial charge in [0.2, 0.25) is 0 Å². The van der Waals surface area contributed by atoms with Crippen molar-refractivity contribution in [2.75, 3.05) is 44.2 Å². The minimum atomic E-state index is 0.577. The maximum absolute atomic E-state index is 5.69. The molecular weight excluding hydrogens is 226 g/mol. The van der Waals surface area contributed by atoms with Crippen LogP contribution >= 0.6 is 0 Å². The summed E-state index contributed by atoms with van der Waals surface area (Å²) in [5.41, 5.74) is 5.69. The van der Waals surface area contributed by atoms with Crippen LogP contribution in [-0.4, -0.2) is 54.4 Å². The van der Waals surface area contributed by atoms with E-state index in [1.807, 2.05) is 12.1 Å². The van der Waals surface area contributed by atoms with Gasteiger partial charge in [-0.15, -0.1) is 5.10 Å². The van der Waals surface area contributed by atoms with E-state index in [0.717, 1.165) is 45.1 Å². The van der Waals surface area contributed by atoms with Crippen LogP contribution in [0.3, 0.4) is 0 Å². The third kappa shape index (κ3) is 3.65. The minimum absolute atomic E-state index is 0.577.